The first-order chi connectivity index (χ1) is 16.5. The van der Waals surface area contributed by atoms with Crippen molar-refractivity contribution in [2.24, 2.45) is 9.98 Å². The molecule has 0 saturated carbocycles. The molecule has 0 amide bonds. The molecule has 4 rings (SSSR count). The van der Waals surface area contributed by atoms with Crippen LogP contribution in [0.1, 0.15) is 31.8 Å². The van der Waals surface area contributed by atoms with Gasteiger partial charge in [-0.05, 0) is 24.3 Å². The van der Waals surface area contributed by atoms with Crippen LogP contribution in [0.25, 0.3) is 11.1 Å². The molecule has 7 heteroatoms. The third-order valence-electron chi connectivity index (χ3n) is 5.17. The van der Waals surface area contributed by atoms with Gasteiger partial charge in [-0.15, -0.1) is 0 Å². The van der Waals surface area contributed by atoms with Crippen LogP contribution in [0, 0.1) is 0 Å². The molecule has 2 N–H and O–H groups in total. The van der Waals surface area contributed by atoms with Crippen LogP contribution >= 0.6 is 0 Å². The molecule has 0 aliphatic carbocycles. The van der Waals surface area contributed by atoms with E-state index in [1.165, 1.54) is 24.6 Å². The Balaban J connectivity index is 0.00000342. The van der Waals surface area contributed by atoms with E-state index >= 15 is 0 Å². The summed E-state index contributed by atoms with van der Waals surface area (Å²) in [7, 11) is 0. The number of carbonyl (C=O) groups is 2. The number of aromatic carboxylic acids is 2. The molecule has 0 unspecified atom stereocenters. The third kappa shape index (κ3) is 6.02. The monoisotopic (exact) mass is 512 g/mol. The summed E-state index contributed by atoms with van der Waals surface area (Å²) in [6.45, 7) is 0. The second-order valence-corrected chi connectivity index (χ2v) is 7.34. The molecule has 0 fully saturated rings. The Labute approximate surface area is 215 Å². The van der Waals surface area contributed by atoms with Gasteiger partial charge in [0.05, 0.1) is 22.5 Å². The van der Waals surface area contributed by atoms with Crippen molar-refractivity contribution in [3.63, 3.8) is 0 Å². The first-order valence-electron chi connectivity index (χ1n) is 10.5. The van der Waals surface area contributed by atoms with E-state index in [1.54, 1.807) is 36.4 Å². The first-order valence-corrected chi connectivity index (χ1v) is 10.5. The summed E-state index contributed by atoms with van der Waals surface area (Å²) < 4.78 is 0. The maximum Gasteiger partial charge on any atom is 0.336 e. The maximum atomic E-state index is 11.5. The Kier molecular flexibility index (Phi) is 8.55. The number of nitrogens with zero attached hydrogens (tertiary/aromatic N) is 2. The summed E-state index contributed by atoms with van der Waals surface area (Å²) in [5, 5.41) is 18.8. The van der Waals surface area contributed by atoms with E-state index in [9.17, 15) is 19.8 Å². The van der Waals surface area contributed by atoms with Gasteiger partial charge in [0.15, 0.2) is 0 Å². The molecule has 0 saturated heterocycles. The first kappa shape index (κ1) is 25.4. The van der Waals surface area contributed by atoms with Gasteiger partial charge in [0.1, 0.15) is 0 Å². The van der Waals surface area contributed by atoms with E-state index in [2.05, 4.69) is 9.98 Å². The van der Waals surface area contributed by atoms with Crippen LogP contribution in [0.3, 0.4) is 0 Å². The molecule has 168 valence electrons. The van der Waals surface area contributed by atoms with Crippen molar-refractivity contribution in [1.82, 2.24) is 0 Å². The number of carboxylic acid groups (broad SMARTS) is 2. The van der Waals surface area contributed by atoms with Crippen molar-refractivity contribution in [3.8, 4) is 11.1 Å². The largest absolute Gasteiger partial charge is 0.478 e. The minimum absolute atomic E-state index is 0. The summed E-state index contributed by atoms with van der Waals surface area (Å²) in [5.74, 6) is -2.03. The van der Waals surface area contributed by atoms with Crippen LogP contribution in [-0.2, 0) is 19.5 Å². The maximum absolute atomic E-state index is 11.5. The predicted molar refractivity (Wildman–Crippen MR) is 133 cm³/mol. The second kappa shape index (κ2) is 11.8. The minimum atomic E-state index is -1.02. The molecular formula is C28H20N2O4Zn. The van der Waals surface area contributed by atoms with Crippen LogP contribution in [0.2, 0.25) is 0 Å². The van der Waals surface area contributed by atoms with Gasteiger partial charge in [-0.25, -0.2) is 9.59 Å². The third-order valence-corrected chi connectivity index (χ3v) is 5.17. The van der Waals surface area contributed by atoms with E-state index in [1.807, 2.05) is 48.5 Å². The molecule has 0 heterocycles. The zero-order chi connectivity index (χ0) is 23.9. The number of rotatable bonds is 7. The van der Waals surface area contributed by atoms with Gasteiger partial charge in [0.25, 0.3) is 0 Å². The molecule has 4 aromatic carbocycles. The quantitative estimate of drug-likeness (QED) is 0.225. The van der Waals surface area contributed by atoms with Gasteiger partial charge < -0.3 is 10.2 Å². The Morgan fingerprint density at radius 2 is 0.886 bits per heavy atom. The topological polar surface area (TPSA) is 99.3 Å². The second-order valence-electron chi connectivity index (χ2n) is 7.34. The van der Waals surface area contributed by atoms with Crippen LogP contribution in [0.4, 0.5) is 11.4 Å². The van der Waals surface area contributed by atoms with Crippen LogP contribution in [0.15, 0.2) is 107 Å². The summed E-state index contributed by atoms with van der Waals surface area (Å²) in [6, 6.07) is 28.3. The molecule has 4 aromatic rings. The van der Waals surface area contributed by atoms with Crippen molar-refractivity contribution < 1.29 is 39.3 Å². The zero-order valence-corrected chi connectivity index (χ0v) is 21.7. The molecule has 0 bridgehead atoms. The number of carboxylic acids is 2. The number of aliphatic imine (C=N–C) groups is 2. The molecule has 0 aromatic heterocycles. The number of para-hydroxylation sites is 2. The number of hydrogen-bond donors (Lipinski definition) is 2. The molecule has 0 aliphatic heterocycles. The van der Waals surface area contributed by atoms with Gasteiger partial charge in [-0.1, -0.05) is 72.8 Å². The molecule has 0 radical (unpaired) electrons. The van der Waals surface area contributed by atoms with E-state index in [4.69, 9.17) is 0 Å². The average molecular weight is 514 g/mol. The predicted octanol–water partition coefficient (Wildman–Crippen LogP) is 6.25. The smallest absolute Gasteiger partial charge is 0.336 e. The molecule has 35 heavy (non-hydrogen) atoms. The van der Waals surface area contributed by atoms with Gasteiger partial charge in [0, 0.05) is 54.2 Å². The van der Waals surface area contributed by atoms with Gasteiger partial charge >= 0.3 is 11.9 Å². The summed E-state index contributed by atoms with van der Waals surface area (Å²) in [4.78, 5) is 32.2. The fraction of sp³-hybridized carbons (Fsp3) is 0. The molecule has 6 nitrogen and oxygen atoms in total. The Morgan fingerprint density at radius 3 is 1.29 bits per heavy atom. The Bertz CT molecular complexity index is 1320. The standard InChI is InChI=1S/C28H20N2O4.Zn/c31-27(32)21-11-3-1-9-19(21)17-29-25-15-7-5-13-23(25)24-14-6-8-16-26(24)30-18-20-10-2-4-12-22(20)28(33)34;/h1-18H,(H,31,32)(H,33,34);. The fourth-order valence-corrected chi connectivity index (χ4v) is 3.51. The van der Waals surface area contributed by atoms with Crippen LogP contribution < -0.4 is 0 Å². The molecule has 0 aliphatic rings. The fourth-order valence-electron chi connectivity index (χ4n) is 3.51. The van der Waals surface area contributed by atoms with Crippen molar-refractivity contribution in [3.05, 3.63) is 119 Å². The van der Waals surface area contributed by atoms with Crippen molar-refractivity contribution in [2.75, 3.05) is 0 Å². The van der Waals surface area contributed by atoms with Crippen molar-refractivity contribution >= 4 is 35.7 Å². The van der Waals surface area contributed by atoms with Gasteiger partial charge in [-0.3, -0.25) is 9.98 Å². The Morgan fingerprint density at radius 1 is 0.543 bits per heavy atom. The van der Waals surface area contributed by atoms with Crippen LogP contribution in [0.5, 0.6) is 0 Å². The van der Waals surface area contributed by atoms with Gasteiger partial charge in [0.2, 0.25) is 0 Å². The average Bonchev–Trinajstić information content (AvgIpc) is 2.87. The van der Waals surface area contributed by atoms with Crippen molar-refractivity contribution in [1.29, 1.82) is 0 Å². The minimum Gasteiger partial charge on any atom is -0.478 e. The van der Waals surface area contributed by atoms with Gasteiger partial charge in [-0.2, -0.15) is 0 Å². The molecular weight excluding hydrogens is 494 g/mol. The van der Waals surface area contributed by atoms with E-state index in [0.717, 1.165) is 11.1 Å². The zero-order valence-electron chi connectivity index (χ0n) is 18.7. The van der Waals surface area contributed by atoms with E-state index in [0.29, 0.717) is 22.5 Å². The van der Waals surface area contributed by atoms with E-state index in [-0.39, 0.29) is 30.6 Å². The van der Waals surface area contributed by atoms with Crippen molar-refractivity contribution in [2.45, 2.75) is 0 Å². The van der Waals surface area contributed by atoms with Crippen LogP contribution in [-0.4, -0.2) is 34.6 Å². The molecule has 0 spiro atoms. The SMILES string of the molecule is O=C(O)c1ccccc1C=Nc1ccccc1-c1ccccc1N=Cc1ccccc1C(=O)O.[Zn]. The number of hydrogen-bond acceptors (Lipinski definition) is 4. The molecule has 0 atom stereocenters. The normalized spacial score (nSPS) is 10.9. The summed E-state index contributed by atoms with van der Waals surface area (Å²) in [6.07, 6.45) is 3.08. The summed E-state index contributed by atoms with van der Waals surface area (Å²) >= 11 is 0. The Hall–Kier alpha value is -4.22. The van der Waals surface area contributed by atoms with E-state index < -0.39 is 11.9 Å². The summed E-state index contributed by atoms with van der Waals surface area (Å²) in [5.41, 5.74) is 4.27. The number of benzene rings is 4.